The molecule has 7 nitrogen and oxygen atoms in total. The monoisotopic (exact) mass is 473 g/mol. The Bertz CT molecular complexity index is 1300. The van der Waals surface area contributed by atoms with Crippen LogP contribution in [-0.4, -0.2) is 25.7 Å². The number of aromatic nitrogens is 4. The molecule has 0 fully saturated rings. The van der Waals surface area contributed by atoms with Crippen molar-refractivity contribution >= 4 is 46.3 Å². The topological polar surface area (TPSA) is 92.7 Å². The second-order valence-electron chi connectivity index (χ2n) is 6.69. The molecule has 0 radical (unpaired) electrons. The molecule has 2 N–H and O–H groups in total. The van der Waals surface area contributed by atoms with E-state index in [-0.39, 0.29) is 22.1 Å². The number of halogens is 2. The van der Waals surface area contributed by atoms with Gasteiger partial charge in [-0.15, -0.1) is 11.3 Å². The molecule has 3 aromatic heterocycles. The highest BCUT2D eigenvalue weighted by molar-refractivity contribution is 7.13. The summed E-state index contributed by atoms with van der Waals surface area (Å²) < 4.78 is 1.41. The quantitative estimate of drug-likeness (QED) is 0.402. The molecule has 4 aromatic rings. The van der Waals surface area contributed by atoms with E-state index in [0.717, 1.165) is 11.3 Å². The maximum Gasteiger partial charge on any atom is 0.258 e. The molecule has 0 bridgehead atoms. The third-order valence-electron chi connectivity index (χ3n) is 4.39. The molecule has 0 unspecified atom stereocenters. The number of hydrogen-bond acceptors (Lipinski definition) is 5. The Hall–Kier alpha value is -2.94. The number of aromatic amines is 1. The van der Waals surface area contributed by atoms with E-state index < -0.39 is 5.91 Å². The van der Waals surface area contributed by atoms with Gasteiger partial charge in [-0.2, -0.15) is 9.78 Å². The molecule has 0 aliphatic carbocycles. The van der Waals surface area contributed by atoms with Crippen molar-refractivity contribution in [3.05, 3.63) is 79.5 Å². The van der Waals surface area contributed by atoms with E-state index in [1.54, 1.807) is 18.2 Å². The summed E-state index contributed by atoms with van der Waals surface area (Å²) in [7, 11) is 0. The average Bonchev–Trinajstić information content (AvgIpc) is 3.39. The molecule has 0 aliphatic heterocycles. The lowest BCUT2D eigenvalue weighted by molar-refractivity contribution is 0.102. The Labute approximate surface area is 191 Å². The number of thiophene rings is 1. The molecule has 3 heterocycles. The van der Waals surface area contributed by atoms with Crippen LogP contribution in [0.3, 0.4) is 0 Å². The Balaban J connectivity index is 1.79. The summed E-state index contributed by atoms with van der Waals surface area (Å²) in [5, 5.41) is 9.97. The average molecular weight is 474 g/mol. The second-order valence-corrected chi connectivity index (χ2v) is 8.48. The fourth-order valence-electron chi connectivity index (χ4n) is 3.01. The van der Waals surface area contributed by atoms with Gasteiger partial charge in [-0.3, -0.25) is 14.6 Å². The molecule has 0 spiro atoms. The lowest BCUT2D eigenvalue weighted by Gasteiger charge is -2.10. The van der Waals surface area contributed by atoms with Gasteiger partial charge >= 0.3 is 0 Å². The summed E-state index contributed by atoms with van der Waals surface area (Å²) in [6, 6.07) is 11.6. The van der Waals surface area contributed by atoms with Gasteiger partial charge in [-0.1, -0.05) is 42.6 Å². The van der Waals surface area contributed by atoms with Crippen LogP contribution in [0.15, 0.2) is 52.6 Å². The van der Waals surface area contributed by atoms with Crippen molar-refractivity contribution in [2.45, 2.75) is 19.8 Å². The van der Waals surface area contributed by atoms with Crippen LogP contribution in [0.4, 0.5) is 5.82 Å². The number of nitrogens with zero attached hydrogens (tertiary/aromatic N) is 3. The highest BCUT2D eigenvalue weighted by atomic mass is 35.5. The van der Waals surface area contributed by atoms with E-state index in [9.17, 15) is 9.59 Å². The summed E-state index contributed by atoms with van der Waals surface area (Å²) in [6.07, 6.45) is 1.49. The summed E-state index contributed by atoms with van der Waals surface area (Å²) in [6.45, 7) is 2.01. The van der Waals surface area contributed by atoms with Crippen molar-refractivity contribution in [3.63, 3.8) is 0 Å². The van der Waals surface area contributed by atoms with Crippen molar-refractivity contribution in [2.24, 2.45) is 0 Å². The van der Waals surface area contributed by atoms with Gasteiger partial charge in [0.1, 0.15) is 11.5 Å². The van der Waals surface area contributed by atoms with Crippen molar-refractivity contribution in [1.82, 2.24) is 19.7 Å². The third kappa shape index (κ3) is 4.71. The zero-order valence-electron chi connectivity index (χ0n) is 16.4. The molecule has 158 valence electrons. The smallest absolute Gasteiger partial charge is 0.258 e. The number of anilines is 1. The summed E-state index contributed by atoms with van der Waals surface area (Å²) >= 11 is 13.7. The van der Waals surface area contributed by atoms with Gasteiger partial charge in [0.05, 0.1) is 15.5 Å². The van der Waals surface area contributed by atoms with Gasteiger partial charge in [0.15, 0.2) is 0 Å². The fraction of sp³-hybridized carbons (Fsp3) is 0.143. The van der Waals surface area contributed by atoms with Crippen LogP contribution in [0, 0.1) is 0 Å². The first-order valence-electron chi connectivity index (χ1n) is 9.45. The number of benzene rings is 1. The Morgan fingerprint density at radius 1 is 1.23 bits per heavy atom. The van der Waals surface area contributed by atoms with Crippen LogP contribution in [-0.2, 0) is 6.42 Å². The molecule has 0 aliphatic rings. The highest BCUT2D eigenvalue weighted by Crippen LogP contribution is 2.28. The van der Waals surface area contributed by atoms with Crippen LogP contribution >= 0.6 is 34.5 Å². The molecular formula is C21H17Cl2N5O2S. The van der Waals surface area contributed by atoms with Gasteiger partial charge in [-0.25, -0.2) is 4.98 Å². The molecule has 4 rings (SSSR count). The lowest BCUT2D eigenvalue weighted by Crippen LogP contribution is -2.19. The number of H-pyrrole nitrogens is 1. The van der Waals surface area contributed by atoms with Crippen LogP contribution in [0.2, 0.25) is 10.0 Å². The SMILES string of the molecule is CCCc1cc(=O)[nH]c(-n2nc(-c3cccs3)cc2NC(=O)c2cc(Cl)ccc2Cl)n1. The Kier molecular flexibility index (Phi) is 6.22. The van der Waals surface area contributed by atoms with Gasteiger partial charge in [-0.05, 0) is 36.1 Å². The first kappa shape index (κ1) is 21.3. The molecule has 0 atom stereocenters. The van der Waals surface area contributed by atoms with Gasteiger partial charge in [0, 0.05) is 22.8 Å². The second kappa shape index (κ2) is 9.05. The number of hydrogen-bond donors (Lipinski definition) is 2. The number of rotatable bonds is 6. The molecule has 0 saturated carbocycles. The maximum absolute atomic E-state index is 12.9. The molecule has 10 heteroatoms. The Morgan fingerprint density at radius 3 is 2.81 bits per heavy atom. The molecular weight excluding hydrogens is 457 g/mol. The van der Waals surface area contributed by atoms with Gasteiger partial charge in [0.2, 0.25) is 5.95 Å². The van der Waals surface area contributed by atoms with E-state index in [4.69, 9.17) is 23.2 Å². The van der Waals surface area contributed by atoms with Crippen LogP contribution in [0.1, 0.15) is 29.4 Å². The predicted octanol–water partition coefficient (Wildman–Crippen LogP) is 5.20. The van der Waals surface area contributed by atoms with Crippen molar-refractivity contribution in [3.8, 4) is 16.5 Å². The normalized spacial score (nSPS) is 10.9. The van der Waals surface area contributed by atoms with E-state index in [0.29, 0.717) is 28.6 Å². The third-order valence-corrected chi connectivity index (χ3v) is 5.84. The first-order valence-corrected chi connectivity index (χ1v) is 11.1. The van der Waals surface area contributed by atoms with Gasteiger partial charge in [0.25, 0.3) is 11.5 Å². The number of carbonyl (C=O) groups is 1. The summed E-state index contributed by atoms with van der Waals surface area (Å²) in [4.78, 5) is 33.2. The summed E-state index contributed by atoms with van der Waals surface area (Å²) in [5.41, 5.74) is 1.20. The number of carbonyl (C=O) groups excluding carboxylic acids is 1. The number of aryl methyl sites for hydroxylation is 1. The molecule has 1 amide bonds. The minimum Gasteiger partial charge on any atom is -0.306 e. The number of amides is 1. The Morgan fingerprint density at radius 2 is 2.06 bits per heavy atom. The maximum atomic E-state index is 12.9. The van der Waals surface area contributed by atoms with Crippen molar-refractivity contribution < 1.29 is 4.79 Å². The van der Waals surface area contributed by atoms with Crippen molar-refractivity contribution in [2.75, 3.05) is 5.32 Å². The van der Waals surface area contributed by atoms with E-state index in [2.05, 4.69) is 20.4 Å². The van der Waals surface area contributed by atoms with Crippen molar-refractivity contribution in [1.29, 1.82) is 0 Å². The molecule has 1 aromatic carbocycles. The highest BCUT2D eigenvalue weighted by Gasteiger charge is 2.19. The van der Waals surface area contributed by atoms with Gasteiger partial charge < -0.3 is 5.32 Å². The van der Waals surface area contributed by atoms with E-state index >= 15 is 0 Å². The first-order chi connectivity index (χ1) is 14.9. The number of nitrogens with one attached hydrogen (secondary N) is 2. The summed E-state index contributed by atoms with van der Waals surface area (Å²) in [5.74, 6) is 0.0888. The largest absolute Gasteiger partial charge is 0.306 e. The minimum atomic E-state index is -0.460. The van der Waals surface area contributed by atoms with Crippen LogP contribution in [0.5, 0.6) is 0 Å². The van der Waals surface area contributed by atoms with Crippen LogP contribution < -0.4 is 10.9 Å². The zero-order valence-corrected chi connectivity index (χ0v) is 18.7. The lowest BCUT2D eigenvalue weighted by atomic mass is 10.2. The zero-order chi connectivity index (χ0) is 22.0. The standard InChI is InChI=1S/C21H17Cl2N5O2S/c1-2-4-13-10-19(29)26-21(24-13)28-18(11-16(27-28)17-5-3-8-31-17)25-20(30)14-9-12(22)6-7-15(14)23/h3,5-11H,2,4H2,1H3,(H,25,30)(H,24,26,29). The predicted molar refractivity (Wildman–Crippen MR) is 124 cm³/mol. The van der Waals surface area contributed by atoms with E-state index in [1.807, 2.05) is 24.4 Å². The van der Waals surface area contributed by atoms with Crippen LogP contribution in [0.25, 0.3) is 16.5 Å². The molecule has 31 heavy (non-hydrogen) atoms. The minimum absolute atomic E-state index is 0.214. The van der Waals surface area contributed by atoms with E-state index in [1.165, 1.54) is 28.2 Å². The molecule has 0 saturated heterocycles. The fourth-order valence-corrected chi connectivity index (χ4v) is 4.07.